The zero-order valence-electron chi connectivity index (χ0n) is 14.9. The number of ketones is 1. The SMILES string of the molecule is CC(C)(C)OC(=O)N1CCC2=C(C1)C(=O)CC(=O)N2C(C)(C)C. The number of ether oxygens (including phenoxy) is 1. The van der Waals surface area contributed by atoms with Crippen molar-refractivity contribution in [3.63, 3.8) is 0 Å². The van der Waals surface area contributed by atoms with Crippen molar-refractivity contribution in [1.29, 1.82) is 0 Å². The number of Topliss-reactive ketones (excluding diaryl/α,β-unsaturated/α-hetero) is 1. The smallest absolute Gasteiger partial charge is 0.410 e. The average molecular weight is 322 g/mol. The third kappa shape index (κ3) is 3.74. The molecule has 0 N–H and O–H groups in total. The molecular formula is C17H26N2O4. The van der Waals surface area contributed by atoms with Crippen molar-refractivity contribution >= 4 is 17.8 Å². The highest BCUT2D eigenvalue weighted by Gasteiger charge is 2.41. The number of carbonyl (C=O) groups excluding carboxylic acids is 3. The summed E-state index contributed by atoms with van der Waals surface area (Å²) in [6, 6.07) is 0. The highest BCUT2D eigenvalue weighted by Crippen LogP contribution is 2.33. The molecule has 0 atom stereocenters. The van der Waals surface area contributed by atoms with Crippen LogP contribution in [0.3, 0.4) is 0 Å². The van der Waals surface area contributed by atoms with Gasteiger partial charge in [-0.1, -0.05) is 0 Å². The summed E-state index contributed by atoms with van der Waals surface area (Å²) >= 11 is 0. The molecule has 0 radical (unpaired) electrons. The van der Waals surface area contributed by atoms with Gasteiger partial charge in [-0.2, -0.15) is 0 Å². The van der Waals surface area contributed by atoms with Crippen molar-refractivity contribution < 1.29 is 19.1 Å². The number of rotatable bonds is 0. The quantitative estimate of drug-likeness (QED) is 0.643. The second-order valence-corrected chi connectivity index (χ2v) is 8.08. The molecule has 6 heteroatoms. The first-order valence-corrected chi connectivity index (χ1v) is 7.96. The van der Waals surface area contributed by atoms with Crippen LogP contribution < -0.4 is 0 Å². The van der Waals surface area contributed by atoms with Crippen LogP contribution in [0.5, 0.6) is 0 Å². The van der Waals surface area contributed by atoms with E-state index in [4.69, 9.17) is 4.74 Å². The maximum absolute atomic E-state index is 12.3. The van der Waals surface area contributed by atoms with Gasteiger partial charge in [-0.05, 0) is 41.5 Å². The number of carbonyl (C=O) groups is 3. The molecule has 23 heavy (non-hydrogen) atoms. The Bertz CT molecular complexity index is 578. The maximum atomic E-state index is 12.3. The fourth-order valence-corrected chi connectivity index (χ4v) is 2.98. The van der Waals surface area contributed by atoms with Gasteiger partial charge >= 0.3 is 6.09 Å². The molecule has 2 amide bonds. The molecule has 2 aliphatic rings. The highest BCUT2D eigenvalue weighted by molar-refractivity contribution is 6.11. The van der Waals surface area contributed by atoms with E-state index >= 15 is 0 Å². The van der Waals surface area contributed by atoms with Crippen LogP contribution in [-0.4, -0.2) is 51.8 Å². The van der Waals surface area contributed by atoms with Gasteiger partial charge in [0.2, 0.25) is 5.91 Å². The van der Waals surface area contributed by atoms with E-state index in [1.54, 1.807) is 9.80 Å². The van der Waals surface area contributed by atoms with E-state index < -0.39 is 11.7 Å². The lowest BCUT2D eigenvalue weighted by molar-refractivity contribution is -0.138. The van der Waals surface area contributed by atoms with Crippen LogP contribution in [0.2, 0.25) is 0 Å². The first-order valence-electron chi connectivity index (χ1n) is 7.96. The Morgan fingerprint density at radius 2 is 1.70 bits per heavy atom. The molecule has 6 nitrogen and oxygen atoms in total. The highest BCUT2D eigenvalue weighted by atomic mass is 16.6. The van der Waals surface area contributed by atoms with E-state index in [-0.39, 0.29) is 30.2 Å². The topological polar surface area (TPSA) is 66.9 Å². The number of hydrogen-bond donors (Lipinski definition) is 0. The minimum absolute atomic E-state index is 0.127. The average Bonchev–Trinajstić information content (AvgIpc) is 2.34. The van der Waals surface area contributed by atoms with Gasteiger partial charge in [0, 0.05) is 29.8 Å². The summed E-state index contributed by atoms with van der Waals surface area (Å²) in [5.41, 5.74) is 0.373. The van der Waals surface area contributed by atoms with Crippen LogP contribution in [-0.2, 0) is 14.3 Å². The summed E-state index contributed by atoms with van der Waals surface area (Å²) < 4.78 is 5.38. The van der Waals surface area contributed by atoms with Crippen molar-refractivity contribution in [3.8, 4) is 0 Å². The van der Waals surface area contributed by atoms with E-state index in [0.29, 0.717) is 18.5 Å². The molecule has 0 unspecified atom stereocenters. The van der Waals surface area contributed by atoms with Gasteiger partial charge in [0.05, 0.1) is 13.0 Å². The standard InChI is InChI=1S/C17H26N2O4/c1-16(2,3)19-12-7-8-18(15(22)23-17(4,5)6)10-11(12)13(20)9-14(19)21/h7-10H2,1-6H3. The number of amides is 2. The zero-order chi connectivity index (χ0) is 17.6. The first-order chi connectivity index (χ1) is 10.4. The van der Waals surface area contributed by atoms with Crippen LogP contribution in [0, 0.1) is 0 Å². The van der Waals surface area contributed by atoms with Gasteiger partial charge in [0.25, 0.3) is 0 Å². The van der Waals surface area contributed by atoms with Crippen LogP contribution in [0.25, 0.3) is 0 Å². The summed E-state index contributed by atoms with van der Waals surface area (Å²) in [5.74, 6) is -0.342. The van der Waals surface area contributed by atoms with Gasteiger partial charge in [0.1, 0.15) is 5.60 Å². The molecule has 0 spiro atoms. The first kappa shape index (κ1) is 17.5. The summed E-state index contributed by atoms with van der Waals surface area (Å²) in [7, 11) is 0. The third-order valence-corrected chi connectivity index (χ3v) is 3.81. The van der Waals surface area contributed by atoms with E-state index in [1.165, 1.54) is 0 Å². The molecule has 0 aromatic heterocycles. The van der Waals surface area contributed by atoms with Crippen molar-refractivity contribution in [2.24, 2.45) is 0 Å². The fourth-order valence-electron chi connectivity index (χ4n) is 2.98. The van der Waals surface area contributed by atoms with Crippen LogP contribution in [0.1, 0.15) is 54.4 Å². The van der Waals surface area contributed by atoms with Gasteiger partial charge in [-0.3, -0.25) is 9.59 Å². The molecule has 0 aromatic carbocycles. The Balaban J connectivity index is 2.27. The van der Waals surface area contributed by atoms with Crippen molar-refractivity contribution in [2.75, 3.05) is 13.1 Å². The van der Waals surface area contributed by atoms with E-state index in [9.17, 15) is 14.4 Å². The molecule has 0 aliphatic carbocycles. The Morgan fingerprint density at radius 1 is 1.09 bits per heavy atom. The molecular weight excluding hydrogens is 296 g/mol. The number of nitrogens with zero attached hydrogens (tertiary/aromatic N) is 2. The molecule has 0 fully saturated rings. The predicted octanol–water partition coefficient (Wildman–Crippen LogP) is 2.48. The molecule has 0 saturated heterocycles. The monoisotopic (exact) mass is 322 g/mol. The minimum Gasteiger partial charge on any atom is -0.444 e. The Labute approximate surface area is 137 Å². The molecule has 2 heterocycles. The number of hydrogen-bond acceptors (Lipinski definition) is 4. The fraction of sp³-hybridized carbons (Fsp3) is 0.706. The second kappa shape index (κ2) is 5.65. The summed E-state index contributed by atoms with van der Waals surface area (Å²) in [5, 5.41) is 0. The predicted molar refractivity (Wildman–Crippen MR) is 85.7 cm³/mol. The maximum Gasteiger partial charge on any atom is 0.410 e. The van der Waals surface area contributed by atoms with E-state index in [1.807, 2.05) is 41.5 Å². The Hall–Kier alpha value is -1.85. The zero-order valence-corrected chi connectivity index (χ0v) is 14.9. The van der Waals surface area contributed by atoms with E-state index in [2.05, 4.69) is 0 Å². The Morgan fingerprint density at radius 3 is 2.22 bits per heavy atom. The van der Waals surface area contributed by atoms with Crippen molar-refractivity contribution in [2.45, 2.75) is 65.5 Å². The third-order valence-electron chi connectivity index (χ3n) is 3.81. The largest absolute Gasteiger partial charge is 0.444 e. The minimum atomic E-state index is -0.574. The van der Waals surface area contributed by atoms with E-state index in [0.717, 1.165) is 5.70 Å². The summed E-state index contributed by atoms with van der Waals surface area (Å²) in [4.78, 5) is 40.0. The van der Waals surface area contributed by atoms with Crippen molar-refractivity contribution in [3.05, 3.63) is 11.3 Å². The summed E-state index contributed by atoms with van der Waals surface area (Å²) in [6.45, 7) is 11.9. The lowest BCUT2D eigenvalue weighted by atomic mass is 9.90. The lowest BCUT2D eigenvalue weighted by Crippen LogP contribution is -2.53. The molecule has 2 rings (SSSR count). The van der Waals surface area contributed by atoms with Crippen LogP contribution in [0.15, 0.2) is 11.3 Å². The van der Waals surface area contributed by atoms with Crippen LogP contribution in [0.4, 0.5) is 4.79 Å². The van der Waals surface area contributed by atoms with Gasteiger partial charge in [0.15, 0.2) is 5.78 Å². The molecule has 0 saturated carbocycles. The molecule has 0 aromatic rings. The van der Waals surface area contributed by atoms with Crippen LogP contribution >= 0.6 is 0 Å². The molecule has 128 valence electrons. The second-order valence-electron chi connectivity index (χ2n) is 8.08. The normalized spacial score (nSPS) is 19.9. The Kier molecular flexibility index (Phi) is 4.30. The van der Waals surface area contributed by atoms with Gasteiger partial charge in [-0.25, -0.2) is 4.79 Å². The molecule has 2 aliphatic heterocycles. The lowest BCUT2D eigenvalue weighted by Gasteiger charge is -2.44. The van der Waals surface area contributed by atoms with Gasteiger partial charge < -0.3 is 14.5 Å². The summed E-state index contributed by atoms with van der Waals surface area (Å²) in [6.07, 6.45) is -0.0576. The molecule has 0 bridgehead atoms. The van der Waals surface area contributed by atoms with Crippen molar-refractivity contribution in [1.82, 2.24) is 9.80 Å². The van der Waals surface area contributed by atoms with Gasteiger partial charge in [-0.15, -0.1) is 0 Å².